The van der Waals surface area contributed by atoms with Gasteiger partial charge in [-0.2, -0.15) is 0 Å². The molecule has 0 aromatic carbocycles. The maximum absolute atomic E-state index is 11.9. The summed E-state index contributed by atoms with van der Waals surface area (Å²) >= 11 is 0. The van der Waals surface area contributed by atoms with Crippen molar-refractivity contribution in [2.75, 3.05) is 36.5 Å². The van der Waals surface area contributed by atoms with Crippen molar-refractivity contribution in [2.24, 2.45) is 5.41 Å². The van der Waals surface area contributed by atoms with E-state index in [1.54, 1.807) is 6.20 Å². The molecule has 19 heavy (non-hydrogen) atoms. The Balaban J connectivity index is 2.00. The minimum Gasteiger partial charge on any atom is -0.378 e. The van der Waals surface area contributed by atoms with Crippen molar-refractivity contribution in [3.05, 3.63) is 18.3 Å². The van der Waals surface area contributed by atoms with Crippen molar-refractivity contribution < 1.29 is 9.53 Å². The Morgan fingerprint density at radius 2 is 2.00 bits per heavy atom. The van der Waals surface area contributed by atoms with E-state index in [1.807, 2.05) is 32.9 Å². The molecule has 1 aromatic rings. The molecule has 104 valence electrons. The van der Waals surface area contributed by atoms with Crippen LogP contribution in [-0.2, 0) is 9.53 Å². The van der Waals surface area contributed by atoms with E-state index in [0.717, 1.165) is 37.8 Å². The van der Waals surface area contributed by atoms with Crippen LogP contribution in [0.3, 0.4) is 0 Å². The van der Waals surface area contributed by atoms with Gasteiger partial charge in [-0.1, -0.05) is 20.8 Å². The largest absolute Gasteiger partial charge is 0.378 e. The molecule has 0 aliphatic carbocycles. The van der Waals surface area contributed by atoms with Gasteiger partial charge in [0.15, 0.2) is 0 Å². The van der Waals surface area contributed by atoms with Crippen LogP contribution in [0.15, 0.2) is 18.3 Å². The van der Waals surface area contributed by atoms with Crippen molar-refractivity contribution in [1.82, 2.24) is 4.98 Å². The highest BCUT2D eigenvalue weighted by Gasteiger charge is 2.21. The molecule has 5 heteroatoms. The first-order valence-corrected chi connectivity index (χ1v) is 6.57. The van der Waals surface area contributed by atoms with E-state index in [0.29, 0.717) is 0 Å². The quantitative estimate of drug-likeness (QED) is 0.885. The lowest BCUT2D eigenvalue weighted by atomic mass is 9.96. The summed E-state index contributed by atoms with van der Waals surface area (Å²) in [6.45, 7) is 8.86. The number of nitrogens with zero attached hydrogens (tertiary/aromatic N) is 2. The first kappa shape index (κ1) is 13.8. The molecule has 0 radical (unpaired) electrons. The highest BCUT2D eigenvalue weighted by molar-refractivity contribution is 5.94. The third-order valence-corrected chi connectivity index (χ3v) is 3.02. The van der Waals surface area contributed by atoms with Crippen LogP contribution in [0.5, 0.6) is 0 Å². The van der Waals surface area contributed by atoms with Crippen LogP contribution < -0.4 is 10.2 Å². The third kappa shape index (κ3) is 3.67. The van der Waals surface area contributed by atoms with Crippen LogP contribution in [0.4, 0.5) is 11.5 Å². The van der Waals surface area contributed by atoms with Gasteiger partial charge in [0.05, 0.1) is 25.1 Å². The molecule has 0 spiro atoms. The molecular formula is C14H21N3O2. The summed E-state index contributed by atoms with van der Waals surface area (Å²) in [6, 6.07) is 3.82. The summed E-state index contributed by atoms with van der Waals surface area (Å²) in [5.74, 6) is 0.922. The molecular weight excluding hydrogens is 242 g/mol. The van der Waals surface area contributed by atoms with Gasteiger partial charge in [-0.05, 0) is 12.1 Å². The number of nitrogens with one attached hydrogen (secondary N) is 1. The zero-order valence-corrected chi connectivity index (χ0v) is 11.8. The van der Waals surface area contributed by atoms with E-state index < -0.39 is 5.41 Å². The van der Waals surface area contributed by atoms with Crippen molar-refractivity contribution in [2.45, 2.75) is 20.8 Å². The fraction of sp³-hybridized carbons (Fsp3) is 0.571. The third-order valence-electron chi connectivity index (χ3n) is 3.02. The fourth-order valence-corrected chi connectivity index (χ4v) is 1.76. The smallest absolute Gasteiger partial charge is 0.229 e. The van der Waals surface area contributed by atoms with Gasteiger partial charge in [0.2, 0.25) is 5.91 Å². The Morgan fingerprint density at radius 1 is 1.32 bits per heavy atom. The fourth-order valence-electron chi connectivity index (χ4n) is 1.76. The van der Waals surface area contributed by atoms with Gasteiger partial charge < -0.3 is 15.0 Å². The average molecular weight is 263 g/mol. The molecule has 1 fully saturated rings. The second kappa shape index (κ2) is 5.57. The van der Waals surface area contributed by atoms with Crippen LogP contribution in [0.1, 0.15) is 20.8 Å². The summed E-state index contributed by atoms with van der Waals surface area (Å²) < 4.78 is 5.31. The zero-order valence-electron chi connectivity index (χ0n) is 11.8. The van der Waals surface area contributed by atoms with Gasteiger partial charge in [0.25, 0.3) is 0 Å². The number of pyridine rings is 1. The van der Waals surface area contributed by atoms with E-state index >= 15 is 0 Å². The number of carbonyl (C=O) groups is 1. The Kier molecular flexibility index (Phi) is 4.04. The molecule has 1 aromatic heterocycles. The van der Waals surface area contributed by atoms with Gasteiger partial charge >= 0.3 is 0 Å². The van der Waals surface area contributed by atoms with Gasteiger partial charge in [-0.15, -0.1) is 0 Å². The first-order chi connectivity index (χ1) is 8.97. The molecule has 0 bridgehead atoms. The molecule has 1 aliphatic heterocycles. The van der Waals surface area contributed by atoms with E-state index in [4.69, 9.17) is 4.74 Å². The standard InChI is InChI=1S/C14H21N3O2/c1-14(2,3)13(18)16-11-4-5-12(15-10-11)17-6-8-19-9-7-17/h4-5,10H,6-9H2,1-3H3,(H,16,18). The van der Waals surface area contributed by atoms with Crippen molar-refractivity contribution in [3.8, 4) is 0 Å². The molecule has 1 N–H and O–H groups in total. The number of hydrogen-bond acceptors (Lipinski definition) is 4. The van der Waals surface area contributed by atoms with E-state index in [1.165, 1.54) is 0 Å². The lowest BCUT2D eigenvalue weighted by molar-refractivity contribution is -0.123. The number of hydrogen-bond donors (Lipinski definition) is 1. The molecule has 0 unspecified atom stereocenters. The lowest BCUT2D eigenvalue weighted by Gasteiger charge is -2.27. The van der Waals surface area contributed by atoms with E-state index in [9.17, 15) is 4.79 Å². The number of aromatic nitrogens is 1. The van der Waals surface area contributed by atoms with Crippen LogP contribution in [0.25, 0.3) is 0 Å². The molecule has 0 saturated carbocycles. The molecule has 1 saturated heterocycles. The minimum absolute atomic E-state index is 0.00609. The summed E-state index contributed by atoms with van der Waals surface area (Å²) in [6.07, 6.45) is 1.70. The van der Waals surface area contributed by atoms with Crippen LogP contribution >= 0.6 is 0 Å². The molecule has 2 heterocycles. The second-order valence-corrected chi connectivity index (χ2v) is 5.71. The van der Waals surface area contributed by atoms with Gasteiger partial charge in [-0.25, -0.2) is 4.98 Å². The summed E-state index contributed by atoms with van der Waals surface area (Å²) in [7, 11) is 0. The lowest BCUT2D eigenvalue weighted by Crippen LogP contribution is -2.36. The van der Waals surface area contributed by atoms with Gasteiger partial charge in [0, 0.05) is 18.5 Å². The molecule has 1 amide bonds. The Morgan fingerprint density at radius 3 is 2.53 bits per heavy atom. The average Bonchev–Trinajstić information content (AvgIpc) is 2.39. The number of anilines is 2. The van der Waals surface area contributed by atoms with Crippen molar-refractivity contribution in [1.29, 1.82) is 0 Å². The van der Waals surface area contributed by atoms with E-state index in [-0.39, 0.29) is 5.91 Å². The second-order valence-electron chi connectivity index (χ2n) is 5.71. The highest BCUT2D eigenvalue weighted by Crippen LogP contribution is 2.19. The van der Waals surface area contributed by atoms with Crippen molar-refractivity contribution >= 4 is 17.4 Å². The first-order valence-electron chi connectivity index (χ1n) is 6.57. The zero-order chi connectivity index (χ0) is 13.9. The molecule has 1 aliphatic rings. The normalized spacial score (nSPS) is 16.3. The van der Waals surface area contributed by atoms with Crippen LogP contribution in [0.2, 0.25) is 0 Å². The molecule has 5 nitrogen and oxygen atoms in total. The number of amides is 1. The topological polar surface area (TPSA) is 54.5 Å². The predicted octanol–water partition coefficient (Wildman–Crippen LogP) is 1.90. The summed E-state index contributed by atoms with van der Waals surface area (Å²) in [5.41, 5.74) is 0.333. The number of ether oxygens (including phenoxy) is 1. The molecule has 2 rings (SSSR count). The van der Waals surface area contributed by atoms with Crippen LogP contribution in [-0.4, -0.2) is 37.2 Å². The summed E-state index contributed by atoms with van der Waals surface area (Å²) in [4.78, 5) is 18.4. The molecule has 0 atom stereocenters. The minimum atomic E-state index is -0.400. The summed E-state index contributed by atoms with van der Waals surface area (Å²) in [5, 5.41) is 2.87. The van der Waals surface area contributed by atoms with Crippen LogP contribution in [0, 0.1) is 5.41 Å². The van der Waals surface area contributed by atoms with Gasteiger partial charge in [-0.3, -0.25) is 4.79 Å². The Labute approximate surface area is 114 Å². The maximum atomic E-state index is 11.9. The Bertz CT molecular complexity index is 431. The van der Waals surface area contributed by atoms with Gasteiger partial charge in [0.1, 0.15) is 5.82 Å². The van der Waals surface area contributed by atoms with E-state index in [2.05, 4.69) is 15.2 Å². The Hall–Kier alpha value is -1.62. The predicted molar refractivity (Wildman–Crippen MR) is 75.4 cm³/mol. The SMILES string of the molecule is CC(C)(C)C(=O)Nc1ccc(N2CCOCC2)nc1. The maximum Gasteiger partial charge on any atom is 0.229 e. The number of rotatable bonds is 2. The number of morpholine rings is 1. The monoisotopic (exact) mass is 263 g/mol. The van der Waals surface area contributed by atoms with Crippen molar-refractivity contribution in [3.63, 3.8) is 0 Å². The number of carbonyl (C=O) groups excluding carboxylic acids is 1. The highest BCUT2D eigenvalue weighted by atomic mass is 16.5.